The van der Waals surface area contributed by atoms with Crippen LogP contribution >= 0.6 is 0 Å². The molecule has 0 saturated carbocycles. The van der Waals surface area contributed by atoms with E-state index in [-0.39, 0.29) is 5.41 Å². The first-order valence-electron chi connectivity index (χ1n) is 8.63. The van der Waals surface area contributed by atoms with Crippen LogP contribution < -0.4 is 5.73 Å². The Bertz CT molecular complexity index is 1020. The first kappa shape index (κ1) is 15.6. The van der Waals surface area contributed by atoms with Gasteiger partial charge in [-0.25, -0.2) is 4.98 Å². The highest BCUT2D eigenvalue weighted by molar-refractivity contribution is 5.96. The van der Waals surface area contributed by atoms with Gasteiger partial charge in [-0.2, -0.15) is 0 Å². The molecule has 0 radical (unpaired) electrons. The highest BCUT2D eigenvalue weighted by Crippen LogP contribution is 2.43. The Balaban J connectivity index is 2.06. The van der Waals surface area contributed by atoms with Gasteiger partial charge in [-0.1, -0.05) is 62.4 Å². The highest BCUT2D eigenvalue weighted by atomic mass is 14.7. The van der Waals surface area contributed by atoms with Crippen molar-refractivity contribution in [3.63, 3.8) is 0 Å². The number of nitrogens with zero attached hydrogens (tertiary/aromatic N) is 1. The molecule has 1 aromatic heterocycles. The monoisotopic (exact) mass is 326 g/mol. The molecule has 0 aliphatic heterocycles. The summed E-state index contributed by atoms with van der Waals surface area (Å²) < 4.78 is 0. The second-order valence-electron chi connectivity index (χ2n) is 7.20. The number of fused-ring (bicyclic) bond motifs is 2. The van der Waals surface area contributed by atoms with Crippen molar-refractivity contribution in [1.29, 1.82) is 0 Å². The van der Waals surface area contributed by atoms with E-state index in [9.17, 15) is 0 Å². The number of hydrogen-bond donors (Lipinski definition) is 1. The van der Waals surface area contributed by atoms with Crippen LogP contribution in [0, 0.1) is 0 Å². The molecule has 2 heteroatoms. The molecule has 25 heavy (non-hydrogen) atoms. The van der Waals surface area contributed by atoms with Crippen molar-refractivity contribution in [3.8, 4) is 11.1 Å². The maximum atomic E-state index is 5.90. The van der Waals surface area contributed by atoms with Crippen LogP contribution in [0.1, 0.15) is 32.0 Å². The van der Waals surface area contributed by atoms with Gasteiger partial charge in [0.2, 0.25) is 0 Å². The maximum Gasteiger partial charge on any atom is 0.0715 e. The summed E-state index contributed by atoms with van der Waals surface area (Å²) in [5.41, 5.74) is 13.8. The topological polar surface area (TPSA) is 38.9 Å². The molecule has 0 fully saturated rings. The maximum absolute atomic E-state index is 5.90. The molecule has 2 aromatic carbocycles. The lowest BCUT2D eigenvalue weighted by Crippen LogP contribution is -2.26. The Morgan fingerprint density at radius 2 is 1.76 bits per heavy atom. The van der Waals surface area contributed by atoms with Crippen molar-refractivity contribution in [2.24, 2.45) is 5.73 Å². The van der Waals surface area contributed by atoms with Gasteiger partial charge in [-0.15, -0.1) is 0 Å². The minimum Gasteiger partial charge on any atom is -0.404 e. The van der Waals surface area contributed by atoms with Crippen LogP contribution in [0.3, 0.4) is 0 Å². The summed E-state index contributed by atoms with van der Waals surface area (Å²) >= 11 is 0. The molecule has 124 valence electrons. The minimum atomic E-state index is -0.158. The van der Waals surface area contributed by atoms with Gasteiger partial charge in [-0.05, 0) is 53.1 Å². The van der Waals surface area contributed by atoms with E-state index < -0.39 is 0 Å². The molecule has 2 nitrogen and oxygen atoms in total. The van der Waals surface area contributed by atoms with Gasteiger partial charge >= 0.3 is 0 Å². The Labute approximate surface area is 148 Å². The summed E-state index contributed by atoms with van der Waals surface area (Å²) in [4.78, 5) is 5.01. The Hall–Kier alpha value is -2.87. The molecule has 0 amide bonds. The van der Waals surface area contributed by atoms with E-state index in [1.807, 2.05) is 6.07 Å². The van der Waals surface area contributed by atoms with Crippen molar-refractivity contribution in [3.05, 3.63) is 83.7 Å². The van der Waals surface area contributed by atoms with Crippen LogP contribution in [0.4, 0.5) is 0 Å². The predicted octanol–water partition coefficient (Wildman–Crippen LogP) is 5.44. The van der Waals surface area contributed by atoms with Gasteiger partial charge in [0.1, 0.15) is 0 Å². The van der Waals surface area contributed by atoms with Gasteiger partial charge in [0.15, 0.2) is 0 Å². The van der Waals surface area contributed by atoms with Crippen LogP contribution in [-0.2, 0) is 5.41 Å². The van der Waals surface area contributed by atoms with Crippen LogP contribution in [0.25, 0.3) is 27.6 Å². The number of rotatable bonds is 1. The summed E-state index contributed by atoms with van der Waals surface area (Å²) in [7, 11) is 0. The third kappa shape index (κ3) is 2.37. The summed E-state index contributed by atoms with van der Waals surface area (Å²) in [5, 5.41) is 1.19. The second kappa shape index (κ2) is 5.59. The number of hydrogen-bond acceptors (Lipinski definition) is 2. The van der Waals surface area contributed by atoms with E-state index in [0.29, 0.717) is 0 Å². The third-order valence-corrected chi connectivity index (χ3v) is 5.26. The highest BCUT2D eigenvalue weighted by Gasteiger charge is 2.32. The zero-order chi connectivity index (χ0) is 17.6. The Kier molecular flexibility index (Phi) is 3.50. The van der Waals surface area contributed by atoms with E-state index in [2.05, 4.69) is 75.4 Å². The summed E-state index contributed by atoms with van der Waals surface area (Å²) in [5.74, 6) is 0. The molecular weight excluding hydrogens is 304 g/mol. The molecule has 2 N–H and O–H groups in total. The predicted molar refractivity (Wildman–Crippen MR) is 106 cm³/mol. The SMILES string of the molecule is CC1=C/C(=C\N)C(C)(C)c2cc3c(-c4ccccc4)cccc3nc21. The largest absolute Gasteiger partial charge is 0.404 e. The Morgan fingerprint density at radius 1 is 1.00 bits per heavy atom. The molecule has 1 aliphatic carbocycles. The van der Waals surface area contributed by atoms with Crippen molar-refractivity contribution in [2.45, 2.75) is 26.2 Å². The minimum absolute atomic E-state index is 0.158. The van der Waals surface area contributed by atoms with E-state index in [4.69, 9.17) is 10.7 Å². The number of aromatic nitrogens is 1. The van der Waals surface area contributed by atoms with E-state index >= 15 is 0 Å². The molecule has 0 atom stereocenters. The molecule has 0 unspecified atom stereocenters. The smallest absolute Gasteiger partial charge is 0.0715 e. The normalized spacial score (nSPS) is 17.4. The zero-order valence-corrected chi connectivity index (χ0v) is 14.9. The third-order valence-electron chi connectivity index (χ3n) is 5.26. The number of pyridine rings is 1. The van der Waals surface area contributed by atoms with Gasteiger partial charge in [0, 0.05) is 10.8 Å². The van der Waals surface area contributed by atoms with Gasteiger partial charge in [0.05, 0.1) is 11.2 Å². The molecule has 1 heterocycles. The lowest BCUT2D eigenvalue weighted by Gasteiger charge is -2.33. The summed E-state index contributed by atoms with van der Waals surface area (Å²) in [6, 6.07) is 19.1. The van der Waals surface area contributed by atoms with Crippen molar-refractivity contribution in [1.82, 2.24) is 4.98 Å². The van der Waals surface area contributed by atoms with Gasteiger partial charge in [-0.3, -0.25) is 0 Å². The fourth-order valence-corrected chi connectivity index (χ4v) is 3.74. The van der Waals surface area contributed by atoms with E-state index in [1.165, 1.54) is 22.1 Å². The molecule has 0 bridgehead atoms. The van der Waals surface area contributed by atoms with Crippen molar-refractivity contribution in [2.75, 3.05) is 0 Å². The number of benzene rings is 2. The molecule has 0 saturated heterocycles. The van der Waals surface area contributed by atoms with Crippen LogP contribution in [0.5, 0.6) is 0 Å². The Morgan fingerprint density at radius 3 is 2.48 bits per heavy atom. The van der Waals surface area contributed by atoms with Crippen LogP contribution in [0.15, 0.2) is 72.4 Å². The first-order valence-corrected chi connectivity index (χ1v) is 8.63. The van der Waals surface area contributed by atoms with Crippen molar-refractivity contribution >= 4 is 16.5 Å². The fourth-order valence-electron chi connectivity index (χ4n) is 3.74. The lowest BCUT2D eigenvalue weighted by molar-refractivity contribution is 0.627. The molecule has 4 rings (SSSR count). The van der Waals surface area contributed by atoms with Crippen LogP contribution in [-0.4, -0.2) is 4.98 Å². The molecule has 0 spiro atoms. The lowest BCUT2D eigenvalue weighted by atomic mass is 9.71. The number of allylic oxidation sites excluding steroid dienone is 3. The average Bonchev–Trinajstić information content (AvgIpc) is 2.64. The summed E-state index contributed by atoms with van der Waals surface area (Å²) in [6.45, 7) is 6.54. The standard InChI is InChI=1S/C23H22N2/c1-15-12-17(14-24)23(2,3)20-13-19-18(16-8-5-4-6-9-16)10-7-11-21(19)25-22(15)20/h4-14H,24H2,1-3H3/b17-14+. The van der Waals surface area contributed by atoms with Crippen molar-refractivity contribution < 1.29 is 0 Å². The quantitative estimate of drug-likeness (QED) is 0.647. The first-order chi connectivity index (χ1) is 12.0. The second-order valence-corrected chi connectivity index (χ2v) is 7.20. The summed E-state index contributed by atoms with van der Waals surface area (Å²) in [6.07, 6.45) is 3.88. The molecule has 1 aliphatic rings. The van der Waals surface area contributed by atoms with Crippen LogP contribution in [0.2, 0.25) is 0 Å². The van der Waals surface area contributed by atoms with Gasteiger partial charge in [0.25, 0.3) is 0 Å². The number of nitrogens with two attached hydrogens (primary N) is 1. The molecular formula is C23H22N2. The fraction of sp³-hybridized carbons (Fsp3) is 0.174. The molecule has 3 aromatic rings. The van der Waals surface area contributed by atoms with E-state index in [1.54, 1.807) is 6.20 Å². The zero-order valence-electron chi connectivity index (χ0n) is 14.9. The van der Waals surface area contributed by atoms with E-state index in [0.717, 1.165) is 22.4 Å². The van der Waals surface area contributed by atoms with Gasteiger partial charge < -0.3 is 5.73 Å². The average molecular weight is 326 g/mol.